The van der Waals surface area contributed by atoms with Crippen LogP contribution in [0.1, 0.15) is 71.5 Å². The van der Waals surface area contributed by atoms with Gasteiger partial charge in [-0.1, -0.05) is 44.7 Å². The molecule has 0 radical (unpaired) electrons. The Kier molecular flexibility index (Phi) is 6.18. The Bertz CT molecular complexity index is 978. The standard InChI is InChI=1S/C20H26N4O4S/c1-4-5-6-7-12-17(18-13-21-14-23(18)29(27,28)22(2)3)24-19(25)15-10-8-9-11-16(15)20(24)26/h8-11,13-14,17H,4-7,12H2,1-3H3. The number of aromatic nitrogens is 2. The highest BCUT2D eigenvalue weighted by atomic mass is 32.2. The highest BCUT2D eigenvalue weighted by molar-refractivity contribution is 7.87. The van der Waals surface area contributed by atoms with Crippen molar-refractivity contribution in [2.45, 2.75) is 45.1 Å². The lowest BCUT2D eigenvalue weighted by Gasteiger charge is -2.27. The summed E-state index contributed by atoms with van der Waals surface area (Å²) < 4.78 is 27.6. The quantitative estimate of drug-likeness (QED) is 0.461. The number of fused-ring (bicyclic) bond motifs is 1. The normalized spacial score (nSPS) is 15.2. The molecule has 2 aromatic rings. The average Bonchev–Trinajstić information content (AvgIpc) is 3.28. The molecule has 8 nitrogen and oxygen atoms in total. The summed E-state index contributed by atoms with van der Waals surface area (Å²) in [6, 6.07) is 5.96. The molecule has 0 spiro atoms. The summed E-state index contributed by atoms with van der Waals surface area (Å²) in [6.45, 7) is 2.10. The van der Waals surface area contributed by atoms with Crippen LogP contribution in [0.25, 0.3) is 0 Å². The maximum Gasteiger partial charge on any atom is 0.308 e. The van der Waals surface area contributed by atoms with E-state index in [4.69, 9.17) is 0 Å². The van der Waals surface area contributed by atoms with Crippen LogP contribution in [-0.4, -0.2) is 52.5 Å². The molecule has 1 unspecified atom stereocenters. The average molecular weight is 419 g/mol. The predicted octanol–water partition coefficient (Wildman–Crippen LogP) is 2.85. The molecular weight excluding hydrogens is 392 g/mol. The van der Waals surface area contributed by atoms with Crippen LogP contribution in [0.3, 0.4) is 0 Å². The second kappa shape index (κ2) is 8.46. The Morgan fingerprint density at radius 3 is 2.21 bits per heavy atom. The lowest BCUT2D eigenvalue weighted by atomic mass is 10.0. The van der Waals surface area contributed by atoms with Crippen LogP contribution < -0.4 is 0 Å². The van der Waals surface area contributed by atoms with Crippen LogP contribution in [-0.2, 0) is 10.2 Å². The topological polar surface area (TPSA) is 92.6 Å². The minimum absolute atomic E-state index is 0.310. The number of rotatable bonds is 9. The van der Waals surface area contributed by atoms with Gasteiger partial charge in [-0.25, -0.2) is 8.96 Å². The third kappa shape index (κ3) is 3.84. The van der Waals surface area contributed by atoms with E-state index in [1.165, 1.54) is 31.5 Å². The summed E-state index contributed by atoms with van der Waals surface area (Å²) in [5.41, 5.74) is 1.000. The van der Waals surface area contributed by atoms with Crippen molar-refractivity contribution in [2.24, 2.45) is 0 Å². The number of carbonyl (C=O) groups excluding carboxylic acids is 2. The molecule has 0 aliphatic carbocycles. The Morgan fingerprint density at radius 2 is 1.66 bits per heavy atom. The molecule has 0 fully saturated rings. The number of unbranched alkanes of at least 4 members (excludes halogenated alkanes) is 3. The van der Waals surface area contributed by atoms with Crippen LogP contribution >= 0.6 is 0 Å². The number of nitrogens with zero attached hydrogens (tertiary/aromatic N) is 4. The smallest absolute Gasteiger partial charge is 0.269 e. The number of imide groups is 1. The molecule has 156 valence electrons. The molecule has 2 heterocycles. The van der Waals surface area contributed by atoms with Gasteiger partial charge in [0.05, 0.1) is 29.1 Å². The first-order chi connectivity index (χ1) is 13.8. The molecule has 1 atom stereocenters. The molecule has 9 heteroatoms. The van der Waals surface area contributed by atoms with E-state index in [1.807, 2.05) is 0 Å². The molecule has 2 amide bonds. The van der Waals surface area contributed by atoms with E-state index in [2.05, 4.69) is 11.9 Å². The maximum absolute atomic E-state index is 13.0. The fraction of sp³-hybridized carbons (Fsp3) is 0.450. The van der Waals surface area contributed by atoms with Crippen molar-refractivity contribution in [3.8, 4) is 0 Å². The SMILES string of the molecule is CCCCCCC(c1cncn1S(=O)(=O)N(C)C)N1C(=O)c2ccccc2C1=O. The largest absolute Gasteiger partial charge is 0.308 e. The molecule has 1 aliphatic rings. The van der Waals surface area contributed by atoms with Gasteiger partial charge in [0, 0.05) is 14.1 Å². The maximum atomic E-state index is 13.0. The van der Waals surface area contributed by atoms with Crippen molar-refractivity contribution in [1.29, 1.82) is 0 Å². The molecule has 1 aromatic carbocycles. The van der Waals surface area contributed by atoms with Gasteiger partial charge in [0.2, 0.25) is 0 Å². The summed E-state index contributed by atoms with van der Waals surface area (Å²) >= 11 is 0. The Morgan fingerprint density at radius 1 is 1.03 bits per heavy atom. The highest BCUT2D eigenvalue weighted by Gasteiger charge is 2.42. The number of imidazole rings is 1. The number of amides is 2. The van der Waals surface area contributed by atoms with Gasteiger partial charge in [-0.15, -0.1) is 0 Å². The third-order valence-electron chi connectivity index (χ3n) is 5.15. The fourth-order valence-electron chi connectivity index (χ4n) is 3.56. The van der Waals surface area contributed by atoms with E-state index in [0.717, 1.165) is 34.0 Å². The second-order valence-electron chi connectivity index (χ2n) is 7.30. The van der Waals surface area contributed by atoms with Crippen molar-refractivity contribution < 1.29 is 18.0 Å². The van der Waals surface area contributed by atoms with Crippen LogP contribution in [0.4, 0.5) is 0 Å². The van der Waals surface area contributed by atoms with Crippen molar-refractivity contribution in [3.05, 3.63) is 53.6 Å². The second-order valence-corrected chi connectivity index (χ2v) is 9.31. The van der Waals surface area contributed by atoms with Gasteiger partial charge >= 0.3 is 10.2 Å². The zero-order valence-corrected chi connectivity index (χ0v) is 17.7. The van der Waals surface area contributed by atoms with Gasteiger partial charge in [0.1, 0.15) is 6.33 Å². The lowest BCUT2D eigenvalue weighted by molar-refractivity contribution is 0.0567. The Hall–Kier alpha value is -2.52. The zero-order chi connectivity index (χ0) is 21.2. The summed E-state index contributed by atoms with van der Waals surface area (Å²) in [7, 11) is -0.982. The highest BCUT2D eigenvalue weighted by Crippen LogP contribution is 2.35. The summed E-state index contributed by atoms with van der Waals surface area (Å²) in [6.07, 6.45) is 6.88. The van der Waals surface area contributed by atoms with E-state index in [1.54, 1.807) is 24.3 Å². The van der Waals surface area contributed by atoms with Crippen LogP contribution in [0, 0.1) is 0 Å². The first-order valence-electron chi connectivity index (χ1n) is 9.72. The van der Waals surface area contributed by atoms with Crippen molar-refractivity contribution in [1.82, 2.24) is 18.2 Å². The summed E-state index contributed by atoms with van der Waals surface area (Å²) in [4.78, 5) is 31.3. The summed E-state index contributed by atoms with van der Waals surface area (Å²) in [5, 5.41) is 0. The first-order valence-corrected chi connectivity index (χ1v) is 11.1. The minimum Gasteiger partial charge on any atom is -0.269 e. The van der Waals surface area contributed by atoms with E-state index in [0.29, 0.717) is 23.2 Å². The zero-order valence-electron chi connectivity index (χ0n) is 16.9. The fourth-order valence-corrected chi connectivity index (χ4v) is 4.52. The van der Waals surface area contributed by atoms with Crippen molar-refractivity contribution >= 4 is 22.0 Å². The van der Waals surface area contributed by atoms with Crippen LogP contribution in [0.5, 0.6) is 0 Å². The van der Waals surface area contributed by atoms with E-state index < -0.39 is 28.1 Å². The summed E-state index contributed by atoms with van der Waals surface area (Å²) in [5.74, 6) is -0.804. The molecule has 1 aromatic heterocycles. The molecule has 0 saturated carbocycles. The molecule has 0 saturated heterocycles. The third-order valence-corrected chi connectivity index (χ3v) is 6.88. The van der Waals surface area contributed by atoms with Gasteiger partial charge in [-0.2, -0.15) is 12.7 Å². The Balaban J connectivity index is 2.03. The van der Waals surface area contributed by atoms with E-state index in [-0.39, 0.29) is 0 Å². The molecular formula is C20H26N4O4S. The Labute approximate surface area is 171 Å². The van der Waals surface area contributed by atoms with Gasteiger partial charge in [-0.05, 0) is 18.6 Å². The molecule has 29 heavy (non-hydrogen) atoms. The first kappa shape index (κ1) is 21.2. The van der Waals surface area contributed by atoms with Crippen LogP contribution in [0.15, 0.2) is 36.8 Å². The molecule has 3 rings (SSSR count). The number of carbonyl (C=O) groups is 2. The van der Waals surface area contributed by atoms with Crippen LogP contribution in [0.2, 0.25) is 0 Å². The van der Waals surface area contributed by atoms with Gasteiger partial charge in [0.15, 0.2) is 0 Å². The molecule has 1 aliphatic heterocycles. The van der Waals surface area contributed by atoms with Gasteiger partial charge < -0.3 is 0 Å². The van der Waals surface area contributed by atoms with E-state index in [9.17, 15) is 18.0 Å². The minimum atomic E-state index is -3.84. The lowest BCUT2D eigenvalue weighted by Crippen LogP contribution is -2.37. The molecule has 0 N–H and O–H groups in total. The van der Waals surface area contributed by atoms with Crippen molar-refractivity contribution in [2.75, 3.05) is 14.1 Å². The number of benzene rings is 1. The van der Waals surface area contributed by atoms with Gasteiger partial charge in [-0.3, -0.25) is 14.5 Å². The predicted molar refractivity (Wildman–Crippen MR) is 109 cm³/mol. The molecule has 0 bridgehead atoms. The van der Waals surface area contributed by atoms with Gasteiger partial charge in [0.25, 0.3) is 11.8 Å². The van der Waals surface area contributed by atoms with Crippen molar-refractivity contribution in [3.63, 3.8) is 0 Å². The van der Waals surface area contributed by atoms with E-state index >= 15 is 0 Å². The number of hydrogen-bond donors (Lipinski definition) is 0. The monoisotopic (exact) mass is 418 g/mol. The number of hydrogen-bond acceptors (Lipinski definition) is 5.